The van der Waals surface area contributed by atoms with Gasteiger partial charge in [0, 0.05) is 40.2 Å². The van der Waals surface area contributed by atoms with Crippen molar-refractivity contribution in [3.05, 3.63) is 35.9 Å². The van der Waals surface area contributed by atoms with Crippen LogP contribution in [0.2, 0.25) is 0 Å². The largest absolute Gasteiger partial charge is 0.375 e. The van der Waals surface area contributed by atoms with E-state index < -0.39 is 0 Å². The minimum absolute atomic E-state index is 0.0332. The molecule has 2 unspecified atom stereocenters. The Morgan fingerprint density at radius 1 is 1.46 bits per heavy atom. The number of likely N-dealkylation sites (tertiary alicyclic amines) is 1. The maximum absolute atomic E-state index is 11.2. The van der Waals surface area contributed by atoms with Gasteiger partial charge in [-0.15, -0.1) is 0 Å². The van der Waals surface area contributed by atoms with Gasteiger partial charge >= 0.3 is 0 Å². The fourth-order valence-electron chi connectivity index (χ4n) is 3.23. The number of amides is 1. The molecule has 0 spiro atoms. The summed E-state index contributed by atoms with van der Waals surface area (Å²) in [6.07, 6.45) is 2.50. The van der Waals surface area contributed by atoms with E-state index >= 15 is 0 Å². The number of nitrogens with zero attached hydrogens (tertiary/aromatic N) is 2. The SMILES string of the molecule is CN=C(NCC(OC)c1ccccc1)N1CCCC(CC(N)=O)C1. The Kier molecular flexibility index (Phi) is 7.06. The van der Waals surface area contributed by atoms with Crippen LogP contribution in [0.4, 0.5) is 0 Å². The van der Waals surface area contributed by atoms with Gasteiger partial charge in [-0.2, -0.15) is 0 Å². The zero-order valence-corrected chi connectivity index (χ0v) is 14.6. The summed E-state index contributed by atoms with van der Waals surface area (Å²) in [6.45, 7) is 2.40. The minimum atomic E-state index is -0.228. The van der Waals surface area contributed by atoms with Crippen LogP contribution in [0.1, 0.15) is 30.9 Å². The van der Waals surface area contributed by atoms with Gasteiger partial charge in [0.05, 0.1) is 6.10 Å². The standard InChI is InChI=1S/C18H28N4O2/c1-20-18(22-10-6-7-14(13-22)11-17(19)23)21-12-16(24-2)15-8-4-3-5-9-15/h3-5,8-9,14,16H,6-7,10-13H2,1-2H3,(H2,19,23)(H,20,21). The summed E-state index contributed by atoms with van der Waals surface area (Å²) < 4.78 is 5.60. The maximum Gasteiger partial charge on any atom is 0.217 e. The Hall–Kier alpha value is -2.08. The van der Waals surface area contributed by atoms with Gasteiger partial charge < -0.3 is 20.7 Å². The number of benzene rings is 1. The van der Waals surface area contributed by atoms with Gasteiger partial charge in [-0.25, -0.2) is 0 Å². The van der Waals surface area contributed by atoms with Crippen molar-refractivity contribution < 1.29 is 9.53 Å². The monoisotopic (exact) mass is 332 g/mol. The zero-order chi connectivity index (χ0) is 17.4. The molecular weight excluding hydrogens is 304 g/mol. The molecule has 1 heterocycles. The number of carbonyl (C=O) groups excluding carboxylic acids is 1. The Balaban J connectivity index is 1.92. The molecule has 0 radical (unpaired) electrons. The van der Waals surface area contributed by atoms with Crippen LogP contribution in [-0.4, -0.2) is 50.6 Å². The molecule has 2 rings (SSSR count). The van der Waals surface area contributed by atoms with Gasteiger partial charge in [0.15, 0.2) is 5.96 Å². The van der Waals surface area contributed by atoms with Crippen LogP contribution >= 0.6 is 0 Å². The predicted molar refractivity (Wildman–Crippen MR) is 95.7 cm³/mol. The molecule has 0 aliphatic carbocycles. The number of ether oxygens (including phenoxy) is 1. The van der Waals surface area contributed by atoms with E-state index in [1.807, 2.05) is 18.2 Å². The Bertz CT molecular complexity index is 547. The van der Waals surface area contributed by atoms with E-state index in [4.69, 9.17) is 10.5 Å². The van der Waals surface area contributed by atoms with Crippen molar-refractivity contribution in [1.29, 1.82) is 0 Å². The van der Waals surface area contributed by atoms with Crippen LogP contribution < -0.4 is 11.1 Å². The number of aliphatic imine (C=N–C) groups is 1. The molecule has 1 aliphatic rings. The van der Waals surface area contributed by atoms with Gasteiger partial charge in [0.2, 0.25) is 5.91 Å². The number of guanidine groups is 1. The quantitative estimate of drug-likeness (QED) is 0.612. The number of rotatable bonds is 6. The van der Waals surface area contributed by atoms with Crippen molar-refractivity contribution >= 4 is 11.9 Å². The fraction of sp³-hybridized carbons (Fsp3) is 0.556. The van der Waals surface area contributed by atoms with Crippen LogP contribution in [0.3, 0.4) is 0 Å². The molecule has 24 heavy (non-hydrogen) atoms. The number of nitrogens with one attached hydrogen (secondary N) is 1. The summed E-state index contributed by atoms with van der Waals surface area (Å²) in [6, 6.07) is 10.1. The first-order valence-electron chi connectivity index (χ1n) is 8.45. The second-order valence-corrected chi connectivity index (χ2v) is 6.19. The summed E-state index contributed by atoms with van der Waals surface area (Å²) in [5.41, 5.74) is 6.47. The van der Waals surface area contributed by atoms with E-state index in [2.05, 4.69) is 27.3 Å². The van der Waals surface area contributed by atoms with Crippen molar-refractivity contribution in [2.24, 2.45) is 16.6 Å². The Morgan fingerprint density at radius 3 is 2.83 bits per heavy atom. The second-order valence-electron chi connectivity index (χ2n) is 6.19. The van der Waals surface area contributed by atoms with Crippen molar-refractivity contribution in [3.8, 4) is 0 Å². The van der Waals surface area contributed by atoms with Gasteiger partial charge in [0.25, 0.3) is 0 Å². The van der Waals surface area contributed by atoms with Crippen LogP contribution in [0.5, 0.6) is 0 Å². The van der Waals surface area contributed by atoms with E-state index in [-0.39, 0.29) is 12.0 Å². The topological polar surface area (TPSA) is 80.0 Å². The molecule has 0 bridgehead atoms. The minimum Gasteiger partial charge on any atom is -0.375 e. The van der Waals surface area contributed by atoms with E-state index in [0.29, 0.717) is 18.9 Å². The molecule has 0 saturated carbocycles. The molecule has 132 valence electrons. The zero-order valence-electron chi connectivity index (χ0n) is 14.6. The molecule has 1 aliphatic heterocycles. The number of nitrogens with two attached hydrogens (primary N) is 1. The number of hydrogen-bond donors (Lipinski definition) is 2. The number of carbonyl (C=O) groups is 1. The fourth-order valence-corrected chi connectivity index (χ4v) is 3.23. The van der Waals surface area contributed by atoms with E-state index in [1.54, 1.807) is 14.2 Å². The molecular formula is C18H28N4O2. The molecule has 1 amide bonds. The van der Waals surface area contributed by atoms with Gasteiger partial charge in [-0.1, -0.05) is 30.3 Å². The highest BCUT2D eigenvalue weighted by Crippen LogP contribution is 2.20. The lowest BCUT2D eigenvalue weighted by molar-refractivity contribution is -0.119. The molecule has 1 aromatic rings. The summed E-state index contributed by atoms with van der Waals surface area (Å²) in [4.78, 5) is 17.8. The first-order chi connectivity index (χ1) is 11.6. The van der Waals surface area contributed by atoms with Crippen molar-refractivity contribution in [2.75, 3.05) is 33.8 Å². The van der Waals surface area contributed by atoms with Gasteiger partial charge in [-0.05, 0) is 24.3 Å². The average molecular weight is 332 g/mol. The molecule has 6 nitrogen and oxygen atoms in total. The first-order valence-corrected chi connectivity index (χ1v) is 8.45. The van der Waals surface area contributed by atoms with Crippen molar-refractivity contribution in [3.63, 3.8) is 0 Å². The second kappa shape index (κ2) is 9.27. The number of hydrogen-bond acceptors (Lipinski definition) is 3. The lowest BCUT2D eigenvalue weighted by atomic mass is 9.95. The molecule has 1 aromatic carbocycles. The van der Waals surface area contributed by atoms with E-state index in [1.165, 1.54) is 0 Å². The smallest absolute Gasteiger partial charge is 0.217 e. The lowest BCUT2D eigenvalue weighted by Crippen LogP contribution is -2.48. The van der Waals surface area contributed by atoms with Gasteiger partial charge in [-0.3, -0.25) is 9.79 Å². The number of piperidine rings is 1. The highest BCUT2D eigenvalue weighted by molar-refractivity contribution is 5.80. The van der Waals surface area contributed by atoms with Gasteiger partial charge in [0.1, 0.15) is 0 Å². The third-order valence-electron chi connectivity index (χ3n) is 4.42. The maximum atomic E-state index is 11.2. The number of primary amides is 1. The van der Waals surface area contributed by atoms with Crippen molar-refractivity contribution in [2.45, 2.75) is 25.4 Å². The van der Waals surface area contributed by atoms with Crippen LogP contribution in [-0.2, 0) is 9.53 Å². The normalized spacial score (nSPS) is 19.8. The molecule has 3 N–H and O–H groups in total. The molecule has 6 heteroatoms. The molecule has 2 atom stereocenters. The molecule has 1 fully saturated rings. The van der Waals surface area contributed by atoms with Crippen LogP contribution in [0.25, 0.3) is 0 Å². The van der Waals surface area contributed by atoms with Crippen LogP contribution in [0, 0.1) is 5.92 Å². The van der Waals surface area contributed by atoms with Crippen molar-refractivity contribution in [1.82, 2.24) is 10.2 Å². The average Bonchev–Trinajstić information content (AvgIpc) is 2.59. The Morgan fingerprint density at radius 2 is 2.21 bits per heavy atom. The third-order valence-corrected chi connectivity index (χ3v) is 4.42. The van der Waals surface area contributed by atoms with Crippen LogP contribution in [0.15, 0.2) is 35.3 Å². The predicted octanol–water partition coefficient (Wildman–Crippen LogP) is 1.54. The number of methoxy groups -OCH3 is 1. The summed E-state index contributed by atoms with van der Waals surface area (Å²) in [5.74, 6) is 0.928. The summed E-state index contributed by atoms with van der Waals surface area (Å²) in [7, 11) is 3.50. The molecule has 0 aromatic heterocycles. The van der Waals surface area contributed by atoms with E-state index in [9.17, 15) is 4.79 Å². The highest BCUT2D eigenvalue weighted by Gasteiger charge is 2.24. The first kappa shape index (κ1) is 18.3. The molecule has 1 saturated heterocycles. The highest BCUT2D eigenvalue weighted by atomic mass is 16.5. The van der Waals surface area contributed by atoms with E-state index in [0.717, 1.165) is 37.5 Å². The summed E-state index contributed by atoms with van der Waals surface area (Å²) in [5, 5.41) is 3.40. The summed E-state index contributed by atoms with van der Waals surface area (Å²) >= 11 is 0. The lowest BCUT2D eigenvalue weighted by Gasteiger charge is -2.35. The third kappa shape index (κ3) is 5.23. The Labute approximate surface area is 144 Å².